The molecule has 0 saturated heterocycles. The summed E-state index contributed by atoms with van der Waals surface area (Å²) in [5.74, 6) is 1.76. The molecule has 3 rings (SSSR count). The molecule has 2 aromatic carbocycles. The summed E-state index contributed by atoms with van der Waals surface area (Å²) in [4.78, 5) is 17.9. The molecular weight excluding hydrogens is 408 g/mol. The Morgan fingerprint density at radius 3 is 2.27 bits per heavy atom. The van der Waals surface area contributed by atoms with Gasteiger partial charge in [-0.05, 0) is 18.2 Å². The van der Waals surface area contributed by atoms with E-state index >= 15 is 0 Å². The van der Waals surface area contributed by atoms with E-state index in [-0.39, 0.29) is 0 Å². The van der Waals surface area contributed by atoms with Gasteiger partial charge in [-0.15, -0.1) is 0 Å². The van der Waals surface area contributed by atoms with Crippen LogP contribution in [0.1, 0.15) is 10.4 Å². The number of rotatable bonds is 8. The molecule has 0 bridgehead atoms. The fourth-order valence-electron chi connectivity index (χ4n) is 3.01. The first kappa shape index (κ1) is 21.7. The normalized spacial score (nSPS) is 11.6. The van der Waals surface area contributed by atoms with Crippen molar-refractivity contribution in [1.82, 2.24) is 4.57 Å². The second-order valence-electron chi connectivity index (χ2n) is 6.19. The fourth-order valence-corrected chi connectivity index (χ4v) is 4.07. The third-order valence-corrected chi connectivity index (χ3v) is 5.58. The Hall–Kier alpha value is -3.04. The number of carbonyl (C=O) groups excluding carboxylic acids is 1. The van der Waals surface area contributed by atoms with E-state index in [4.69, 9.17) is 23.7 Å². The van der Waals surface area contributed by atoms with Gasteiger partial charge in [0.25, 0.3) is 5.91 Å². The average molecular weight is 432 g/mol. The minimum atomic E-state index is -0.428. The maximum atomic E-state index is 13.0. The van der Waals surface area contributed by atoms with Gasteiger partial charge in [-0.25, -0.2) is 0 Å². The maximum Gasteiger partial charge on any atom is 0.283 e. The van der Waals surface area contributed by atoms with Crippen molar-refractivity contribution in [3.05, 3.63) is 40.7 Å². The van der Waals surface area contributed by atoms with E-state index in [2.05, 4.69) is 4.99 Å². The zero-order valence-electron chi connectivity index (χ0n) is 17.6. The van der Waals surface area contributed by atoms with Crippen molar-refractivity contribution in [3.63, 3.8) is 0 Å². The molecule has 0 atom stereocenters. The van der Waals surface area contributed by atoms with Crippen LogP contribution in [0.15, 0.2) is 35.3 Å². The number of benzene rings is 2. The van der Waals surface area contributed by atoms with Gasteiger partial charge in [0, 0.05) is 25.8 Å². The van der Waals surface area contributed by atoms with Crippen LogP contribution < -0.4 is 23.7 Å². The van der Waals surface area contributed by atoms with Crippen molar-refractivity contribution >= 4 is 27.5 Å². The molecule has 30 heavy (non-hydrogen) atoms. The molecule has 0 saturated carbocycles. The molecule has 1 aromatic heterocycles. The number of methoxy groups -OCH3 is 5. The number of hydrogen-bond donors (Lipinski definition) is 0. The van der Waals surface area contributed by atoms with Gasteiger partial charge >= 0.3 is 0 Å². The minimum Gasteiger partial charge on any atom is -0.497 e. The molecular formula is C21H24N2O6S. The van der Waals surface area contributed by atoms with E-state index in [0.717, 1.165) is 10.2 Å². The summed E-state index contributed by atoms with van der Waals surface area (Å²) in [5.41, 5.74) is 1.20. The molecule has 0 aliphatic carbocycles. The van der Waals surface area contributed by atoms with Gasteiger partial charge in [-0.1, -0.05) is 11.3 Å². The van der Waals surface area contributed by atoms with E-state index in [1.54, 1.807) is 46.6 Å². The van der Waals surface area contributed by atoms with E-state index in [0.29, 0.717) is 46.5 Å². The molecule has 0 aliphatic heterocycles. The molecule has 0 spiro atoms. The molecule has 9 heteroatoms. The lowest BCUT2D eigenvalue weighted by atomic mass is 10.2. The van der Waals surface area contributed by atoms with Crippen LogP contribution in [0, 0.1) is 0 Å². The Balaban J connectivity index is 2.18. The van der Waals surface area contributed by atoms with Crippen molar-refractivity contribution < 1.29 is 28.5 Å². The first-order chi connectivity index (χ1) is 14.6. The zero-order chi connectivity index (χ0) is 21.7. The summed E-state index contributed by atoms with van der Waals surface area (Å²) in [7, 11) is 7.84. The lowest BCUT2D eigenvalue weighted by Crippen LogP contribution is -2.19. The minimum absolute atomic E-state index is 0.322. The number of nitrogens with zero attached hydrogens (tertiary/aromatic N) is 2. The maximum absolute atomic E-state index is 13.0. The number of aromatic nitrogens is 1. The van der Waals surface area contributed by atoms with E-state index < -0.39 is 5.91 Å². The number of amides is 1. The highest BCUT2D eigenvalue weighted by atomic mass is 32.1. The van der Waals surface area contributed by atoms with Crippen LogP contribution in [0.3, 0.4) is 0 Å². The summed E-state index contributed by atoms with van der Waals surface area (Å²) >= 11 is 1.38. The van der Waals surface area contributed by atoms with Crippen molar-refractivity contribution in [2.75, 3.05) is 42.2 Å². The molecule has 0 fully saturated rings. The van der Waals surface area contributed by atoms with Crippen molar-refractivity contribution in [2.45, 2.75) is 6.54 Å². The van der Waals surface area contributed by atoms with Crippen molar-refractivity contribution in [3.8, 4) is 23.0 Å². The van der Waals surface area contributed by atoms with Crippen molar-refractivity contribution in [1.29, 1.82) is 0 Å². The number of hydrogen-bond acceptors (Lipinski definition) is 7. The predicted molar refractivity (Wildman–Crippen MR) is 114 cm³/mol. The number of ether oxygens (including phenoxy) is 5. The summed E-state index contributed by atoms with van der Waals surface area (Å²) in [6.45, 7) is 0.984. The van der Waals surface area contributed by atoms with Gasteiger partial charge in [0.1, 0.15) is 11.5 Å². The molecule has 1 amide bonds. The quantitative estimate of drug-likeness (QED) is 0.544. The van der Waals surface area contributed by atoms with Crippen LogP contribution in [-0.4, -0.2) is 52.6 Å². The van der Waals surface area contributed by atoms with E-state index in [1.165, 1.54) is 18.4 Å². The van der Waals surface area contributed by atoms with Gasteiger partial charge < -0.3 is 28.3 Å². The monoisotopic (exact) mass is 432 g/mol. The molecule has 3 aromatic rings. The molecule has 0 aliphatic rings. The Morgan fingerprint density at radius 1 is 0.933 bits per heavy atom. The summed E-state index contributed by atoms with van der Waals surface area (Å²) in [6.07, 6.45) is 0. The third kappa shape index (κ3) is 4.27. The Labute approximate surface area is 178 Å². The van der Waals surface area contributed by atoms with Crippen LogP contribution in [0.4, 0.5) is 0 Å². The molecule has 0 radical (unpaired) electrons. The highest BCUT2D eigenvalue weighted by Crippen LogP contribution is 2.33. The first-order valence-electron chi connectivity index (χ1n) is 9.11. The Kier molecular flexibility index (Phi) is 6.96. The summed E-state index contributed by atoms with van der Waals surface area (Å²) in [6, 6.07) is 8.77. The molecule has 8 nitrogen and oxygen atoms in total. The van der Waals surface area contributed by atoms with Crippen LogP contribution >= 0.6 is 11.3 Å². The number of thiazole rings is 1. The standard InChI is InChI=1S/C21H24N2O6S/c1-25-9-8-23-15-11-17(28-4)18(29-5)12-19(15)30-21(23)22-20(24)14-10-13(26-2)6-7-16(14)27-3/h6-7,10-12H,8-9H2,1-5H3. The van der Waals surface area contributed by atoms with Gasteiger partial charge in [0.05, 0.1) is 50.8 Å². The molecule has 160 valence electrons. The lowest BCUT2D eigenvalue weighted by molar-refractivity contribution is 0.0994. The Morgan fingerprint density at radius 2 is 1.63 bits per heavy atom. The second kappa shape index (κ2) is 9.64. The molecule has 0 N–H and O–H groups in total. The van der Waals surface area contributed by atoms with Gasteiger partial charge in [-0.3, -0.25) is 4.79 Å². The van der Waals surface area contributed by atoms with E-state index in [1.807, 2.05) is 16.7 Å². The highest BCUT2D eigenvalue weighted by Gasteiger charge is 2.16. The molecule has 1 heterocycles. The largest absolute Gasteiger partial charge is 0.497 e. The average Bonchev–Trinajstić information content (AvgIpc) is 3.11. The van der Waals surface area contributed by atoms with Gasteiger partial charge in [0.15, 0.2) is 16.3 Å². The van der Waals surface area contributed by atoms with Crippen LogP contribution in [0.2, 0.25) is 0 Å². The third-order valence-electron chi connectivity index (χ3n) is 4.54. The number of carbonyl (C=O) groups is 1. The fraction of sp³-hybridized carbons (Fsp3) is 0.333. The van der Waals surface area contributed by atoms with Crippen LogP contribution in [-0.2, 0) is 11.3 Å². The van der Waals surface area contributed by atoms with E-state index in [9.17, 15) is 4.79 Å². The van der Waals surface area contributed by atoms with Crippen LogP contribution in [0.5, 0.6) is 23.0 Å². The van der Waals surface area contributed by atoms with Crippen molar-refractivity contribution in [2.24, 2.45) is 4.99 Å². The Bertz CT molecular complexity index is 1120. The van der Waals surface area contributed by atoms with Gasteiger partial charge in [-0.2, -0.15) is 4.99 Å². The summed E-state index contributed by atoms with van der Waals surface area (Å²) in [5, 5.41) is 0. The first-order valence-corrected chi connectivity index (χ1v) is 9.93. The van der Waals surface area contributed by atoms with Gasteiger partial charge in [0.2, 0.25) is 0 Å². The zero-order valence-corrected chi connectivity index (χ0v) is 18.4. The smallest absolute Gasteiger partial charge is 0.283 e. The lowest BCUT2D eigenvalue weighted by Gasteiger charge is -2.09. The molecule has 0 unspecified atom stereocenters. The predicted octanol–water partition coefficient (Wildman–Crippen LogP) is 3.12. The van der Waals surface area contributed by atoms with Crippen LogP contribution in [0.25, 0.3) is 10.2 Å². The topological polar surface area (TPSA) is 80.5 Å². The second-order valence-corrected chi connectivity index (χ2v) is 7.20. The highest BCUT2D eigenvalue weighted by molar-refractivity contribution is 7.16. The number of fused-ring (bicyclic) bond motifs is 1. The SMILES string of the molecule is COCCn1c(=NC(=O)c2cc(OC)ccc2OC)sc2cc(OC)c(OC)cc21. The summed E-state index contributed by atoms with van der Waals surface area (Å²) < 4.78 is 29.5.